The van der Waals surface area contributed by atoms with Gasteiger partial charge in [0.25, 0.3) is 0 Å². The molecule has 0 fully saturated rings. The lowest BCUT2D eigenvalue weighted by molar-refractivity contribution is 0.461. The van der Waals surface area contributed by atoms with Crippen molar-refractivity contribution in [2.75, 3.05) is 13.1 Å². The lowest BCUT2D eigenvalue weighted by Gasteiger charge is -2.14. The molecule has 0 bridgehead atoms. The van der Waals surface area contributed by atoms with E-state index in [1.165, 1.54) is 5.56 Å². The van der Waals surface area contributed by atoms with Crippen molar-refractivity contribution in [3.05, 3.63) is 35.9 Å². The molecule has 14 heavy (non-hydrogen) atoms. The van der Waals surface area contributed by atoms with E-state index in [4.69, 9.17) is 11.5 Å². The molecule has 0 aliphatic rings. The Kier molecular flexibility index (Phi) is 5.27. The van der Waals surface area contributed by atoms with Gasteiger partial charge in [-0.05, 0) is 43.8 Å². The summed E-state index contributed by atoms with van der Waals surface area (Å²) in [7, 11) is 0. The van der Waals surface area contributed by atoms with Crippen LogP contribution in [0.5, 0.6) is 0 Å². The van der Waals surface area contributed by atoms with Crippen molar-refractivity contribution in [1.29, 1.82) is 0 Å². The monoisotopic (exact) mass is 192 g/mol. The van der Waals surface area contributed by atoms with Crippen LogP contribution in [0.25, 0.3) is 0 Å². The molecule has 2 nitrogen and oxygen atoms in total. The third kappa shape index (κ3) is 3.90. The van der Waals surface area contributed by atoms with Crippen LogP contribution < -0.4 is 11.5 Å². The molecule has 78 valence electrons. The molecular weight excluding hydrogens is 172 g/mol. The molecule has 0 heterocycles. The van der Waals surface area contributed by atoms with Crippen LogP contribution in [0.4, 0.5) is 0 Å². The first kappa shape index (κ1) is 11.2. The summed E-state index contributed by atoms with van der Waals surface area (Å²) in [6.45, 7) is 1.52. The van der Waals surface area contributed by atoms with Gasteiger partial charge in [-0.25, -0.2) is 0 Å². The van der Waals surface area contributed by atoms with Crippen LogP contribution in [0.15, 0.2) is 30.3 Å². The molecule has 0 spiro atoms. The van der Waals surface area contributed by atoms with E-state index >= 15 is 0 Å². The average Bonchev–Trinajstić information content (AvgIpc) is 2.20. The molecule has 0 aromatic heterocycles. The van der Waals surface area contributed by atoms with Gasteiger partial charge in [0.1, 0.15) is 0 Å². The summed E-state index contributed by atoms with van der Waals surface area (Å²) < 4.78 is 0. The summed E-state index contributed by atoms with van der Waals surface area (Å²) in [5.74, 6) is 0.646. The van der Waals surface area contributed by atoms with E-state index in [0.29, 0.717) is 5.92 Å². The molecule has 0 amide bonds. The van der Waals surface area contributed by atoms with Gasteiger partial charge in [0.05, 0.1) is 0 Å². The number of hydrogen-bond acceptors (Lipinski definition) is 2. The molecule has 1 aromatic carbocycles. The maximum Gasteiger partial charge on any atom is -0.00745 e. The van der Waals surface area contributed by atoms with Crippen molar-refractivity contribution in [1.82, 2.24) is 0 Å². The van der Waals surface area contributed by atoms with Crippen LogP contribution in [0, 0.1) is 5.92 Å². The van der Waals surface area contributed by atoms with Gasteiger partial charge in [0.15, 0.2) is 0 Å². The molecule has 1 aromatic rings. The fourth-order valence-corrected chi connectivity index (χ4v) is 1.77. The Morgan fingerprint density at radius 3 is 2.00 bits per heavy atom. The number of benzene rings is 1. The zero-order chi connectivity index (χ0) is 10.2. The second kappa shape index (κ2) is 6.57. The van der Waals surface area contributed by atoms with Gasteiger partial charge in [0, 0.05) is 0 Å². The first-order chi connectivity index (χ1) is 6.86. The maximum absolute atomic E-state index is 5.57. The Morgan fingerprint density at radius 1 is 0.929 bits per heavy atom. The highest BCUT2D eigenvalue weighted by molar-refractivity contribution is 5.15. The molecule has 2 heteroatoms. The van der Waals surface area contributed by atoms with E-state index in [2.05, 4.69) is 24.3 Å². The minimum Gasteiger partial charge on any atom is -0.330 e. The van der Waals surface area contributed by atoms with E-state index in [-0.39, 0.29) is 0 Å². The average molecular weight is 192 g/mol. The van der Waals surface area contributed by atoms with Crippen molar-refractivity contribution in [3.63, 3.8) is 0 Å². The Labute approximate surface area is 86.3 Å². The lowest BCUT2D eigenvalue weighted by atomic mass is 9.93. The Bertz CT molecular complexity index is 227. The summed E-state index contributed by atoms with van der Waals surface area (Å²) in [5.41, 5.74) is 12.5. The van der Waals surface area contributed by atoms with Crippen LogP contribution in [-0.2, 0) is 6.42 Å². The molecule has 4 N–H and O–H groups in total. The smallest absolute Gasteiger partial charge is 0.00745 e. The van der Waals surface area contributed by atoms with Crippen LogP contribution in [0.1, 0.15) is 18.4 Å². The van der Waals surface area contributed by atoms with E-state index in [1.54, 1.807) is 0 Å². The normalized spacial score (nSPS) is 10.8. The second-order valence-electron chi connectivity index (χ2n) is 3.71. The van der Waals surface area contributed by atoms with Crippen LogP contribution in [0.2, 0.25) is 0 Å². The molecule has 0 unspecified atom stereocenters. The van der Waals surface area contributed by atoms with Gasteiger partial charge >= 0.3 is 0 Å². The first-order valence-corrected chi connectivity index (χ1v) is 5.31. The van der Waals surface area contributed by atoms with Gasteiger partial charge in [-0.2, -0.15) is 0 Å². The van der Waals surface area contributed by atoms with E-state index in [0.717, 1.165) is 32.4 Å². The van der Waals surface area contributed by atoms with Crippen molar-refractivity contribution < 1.29 is 0 Å². The van der Waals surface area contributed by atoms with Gasteiger partial charge in [-0.15, -0.1) is 0 Å². The summed E-state index contributed by atoms with van der Waals surface area (Å²) >= 11 is 0. The zero-order valence-electron chi connectivity index (χ0n) is 8.65. The summed E-state index contributed by atoms with van der Waals surface area (Å²) in [4.78, 5) is 0. The third-order valence-electron chi connectivity index (χ3n) is 2.52. The minimum atomic E-state index is 0.646. The molecule has 0 saturated heterocycles. The molecule has 0 aliphatic carbocycles. The van der Waals surface area contributed by atoms with Gasteiger partial charge in [0.2, 0.25) is 0 Å². The Balaban J connectivity index is 2.46. The SMILES string of the molecule is NCCC(CCN)Cc1ccccc1. The van der Waals surface area contributed by atoms with E-state index < -0.39 is 0 Å². The van der Waals surface area contributed by atoms with Gasteiger partial charge in [-0.1, -0.05) is 30.3 Å². The van der Waals surface area contributed by atoms with Crippen LogP contribution >= 0.6 is 0 Å². The van der Waals surface area contributed by atoms with Gasteiger partial charge < -0.3 is 11.5 Å². The molecule has 0 atom stereocenters. The summed E-state index contributed by atoms with van der Waals surface area (Å²) in [6.07, 6.45) is 3.26. The van der Waals surface area contributed by atoms with Crippen molar-refractivity contribution in [2.45, 2.75) is 19.3 Å². The number of nitrogens with two attached hydrogens (primary N) is 2. The largest absolute Gasteiger partial charge is 0.330 e. The van der Waals surface area contributed by atoms with Crippen LogP contribution in [-0.4, -0.2) is 13.1 Å². The lowest BCUT2D eigenvalue weighted by Crippen LogP contribution is -2.15. The topological polar surface area (TPSA) is 52.0 Å². The van der Waals surface area contributed by atoms with Crippen molar-refractivity contribution >= 4 is 0 Å². The summed E-state index contributed by atoms with van der Waals surface area (Å²) in [6, 6.07) is 10.5. The highest BCUT2D eigenvalue weighted by Crippen LogP contribution is 2.14. The van der Waals surface area contributed by atoms with Crippen molar-refractivity contribution in [3.8, 4) is 0 Å². The fourth-order valence-electron chi connectivity index (χ4n) is 1.77. The Morgan fingerprint density at radius 2 is 1.50 bits per heavy atom. The predicted octanol–water partition coefficient (Wildman–Crippen LogP) is 1.54. The standard InChI is InChI=1S/C12H20N2/c13-8-6-12(7-9-14)10-11-4-2-1-3-5-11/h1-5,12H,6-10,13-14H2. The van der Waals surface area contributed by atoms with Crippen LogP contribution in [0.3, 0.4) is 0 Å². The number of rotatable bonds is 6. The Hall–Kier alpha value is -0.860. The fraction of sp³-hybridized carbons (Fsp3) is 0.500. The first-order valence-electron chi connectivity index (χ1n) is 5.31. The zero-order valence-corrected chi connectivity index (χ0v) is 8.65. The minimum absolute atomic E-state index is 0.646. The van der Waals surface area contributed by atoms with Crippen molar-refractivity contribution in [2.24, 2.45) is 17.4 Å². The molecule has 0 radical (unpaired) electrons. The molecule has 0 saturated carbocycles. The van der Waals surface area contributed by atoms with E-state index in [1.807, 2.05) is 6.07 Å². The highest BCUT2D eigenvalue weighted by Gasteiger charge is 2.07. The number of hydrogen-bond donors (Lipinski definition) is 2. The predicted molar refractivity (Wildman–Crippen MR) is 61.0 cm³/mol. The summed E-state index contributed by atoms with van der Waals surface area (Å²) in [5, 5.41) is 0. The molecule has 0 aliphatic heterocycles. The third-order valence-corrected chi connectivity index (χ3v) is 2.52. The molecule has 1 rings (SSSR count). The quantitative estimate of drug-likeness (QED) is 0.718. The highest BCUT2D eigenvalue weighted by atomic mass is 14.5. The van der Waals surface area contributed by atoms with E-state index in [9.17, 15) is 0 Å². The second-order valence-corrected chi connectivity index (χ2v) is 3.71. The maximum atomic E-state index is 5.57. The molecular formula is C12H20N2. The van der Waals surface area contributed by atoms with Gasteiger partial charge in [-0.3, -0.25) is 0 Å².